The maximum absolute atomic E-state index is 14.2. The van der Waals surface area contributed by atoms with E-state index in [4.69, 9.17) is 23.2 Å². The van der Waals surface area contributed by atoms with Gasteiger partial charge in [0.15, 0.2) is 0 Å². The summed E-state index contributed by atoms with van der Waals surface area (Å²) in [5.74, 6) is -1.64. The Labute approximate surface area is 228 Å². The Morgan fingerprint density at radius 3 is 2.38 bits per heavy atom. The van der Waals surface area contributed by atoms with Gasteiger partial charge in [0, 0.05) is 28.5 Å². The molecule has 7 nitrogen and oxygen atoms in total. The Bertz CT molecular complexity index is 1270. The first-order chi connectivity index (χ1) is 17.4. The molecule has 1 saturated carbocycles. The van der Waals surface area contributed by atoms with Gasteiger partial charge < -0.3 is 10.0 Å². The molecule has 2 aliphatic rings. The van der Waals surface area contributed by atoms with Crippen molar-refractivity contribution >= 4 is 45.1 Å². The fraction of sp³-hybridized carbons (Fsp3) is 0.481. The molecule has 37 heavy (non-hydrogen) atoms. The second-order valence-electron chi connectivity index (χ2n) is 10.4. The molecule has 10 heteroatoms. The van der Waals surface area contributed by atoms with Crippen LogP contribution in [-0.4, -0.2) is 48.1 Å². The molecule has 200 valence electrons. The monoisotopic (exact) mass is 566 g/mol. The van der Waals surface area contributed by atoms with E-state index >= 15 is 0 Å². The van der Waals surface area contributed by atoms with Gasteiger partial charge in [-0.1, -0.05) is 61.3 Å². The molecule has 1 aliphatic carbocycles. The van der Waals surface area contributed by atoms with Gasteiger partial charge in [0.2, 0.25) is 15.9 Å². The van der Waals surface area contributed by atoms with Gasteiger partial charge in [-0.3, -0.25) is 9.59 Å². The second kappa shape index (κ2) is 10.9. The third-order valence-electron chi connectivity index (χ3n) is 7.48. The van der Waals surface area contributed by atoms with Crippen molar-refractivity contribution in [1.82, 2.24) is 9.62 Å². The minimum atomic E-state index is -3.47. The van der Waals surface area contributed by atoms with Gasteiger partial charge >= 0.3 is 5.97 Å². The second-order valence-corrected chi connectivity index (χ2v) is 13.3. The average molecular weight is 568 g/mol. The molecule has 0 aromatic heterocycles. The van der Waals surface area contributed by atoms with Crippen molar-refractivity contribution in [2.75, 3.05) is 6.54 Å². The number of carboxylic acids is 1. The van der Waals surface area contributed by atoms with Crippen molar-refractivity contribution in [3.63, 3.8) is 0 Å². The number of carbonyl (C=O) groups is 2. The lowest BCUT2D eigenvalue weighted by molar-refractivity contribution is -0.160. The summed E-state index contributed by atoms with van der Waals surface area (Å²) in [6, 6.07) is 13.7. The van der Waals surface area contributed by atoms with Gasteiger partial charge in [0.05, 0.1) is 23.1 Å². The maximum Gasteiger partial charge on any atom is 0.304 e. The van der Waals surface area contributed by atoms with Gasteiger partial charge in [-0.15, -0.1) is 0 Å². The van der Waals surface area contributed by atoms with E-state index in [-0.39, 0.29) is 30.0 Å². The third kappa shape index (κ3) is 6.14. The number of halogens is 2. The van der Waals surface area contributed by atoms with Crippen LogP contribution < -0.4 is 4.72 Å². The number of likely N-dealkylation sites (tertiary alicyclic amines) is 1. The molecule has 2 N–H and O–H groups in total. The van der Waals surface area contributed by atoms with Crippen molar-refractivity contribution in [3.05, 3.63) is 69.7 Å². The maximum atomic E-state index is 14.2. The fourth-order valence-corrected chi connectivity index (χ4v) is 7.17. The van der Waals surface area contributed by atoms with E-state index in [2.05, 4.69) is 4.72 Å². The SMILES string of the molecule is CC[C@@H](CNS(=O)(=O)C1CC1)N1C(=O)[C@@](C)(CC(=O)O)C[C@H](c2cccc(Cl)c2)C1c1ccc(Cl)cc1. The number of nitrogens with zero attached hydrogens (tertiary/aromatic N) is 1. The standard InChI is InChI=1S/C27H32Cl2N2O5S/c1-3-21(16-30-37(35,36)22-11-12-22)31-25(17-7-9-19(28)10-8-17)23(18-5-4-6-20(29)13-18)14-27(2,26(31)34)15-24(32)33/h4-10,13,21-23,25,30H,3,11-12,14-16H2,1-2H3,(H,32,33)/t21-,23+,25?,27+/m0/s1. The highest BCUT2D eigenvalue weighted by molar-refractivity contribution is 7.90. The van der Waals surface area contributed by atoms with Crippen molar-refractivity contribution in [2.24, 2.45) is 5.41 Å². The molecule has 0 radical (unpaired) electrons. The summed E-state index contributed by atoms with van der Waals surface area (Å²) in [5, 5.41) is 10.4. The first-order valence-corrected chi connectivity index (χ1v) is 14.8. The molecular formula is C27H32Cl2N2O5S. The van der Waals surface area contributed by atoms with Gasteiger partial charge in [-0.25, -0.2) is 13.1 Å². The smallest absolute Gasteiger partial charge is 0.304 e. The molecule has 1 heterocycles. The van der Waals surface area contributed by atoms with Crippen LogP contribution in [0.3, 0.4) is 0 Å². The largest absolute Gasteiger partial charge is 0.481 e. The first kappa shape index (κ1) is 27.9. The Kier molecular flexibility index (Phi) is 8.24. The molecule has 4 atom stereocenters. The molecule has 2 fully saturated rings. The van der Waals surface area contributed by atoms with E-state index in [0.717, 1.165) is 11.1 Å². The number of sulfonamides is 1. The van der Waals surface area contributed by atoms with Crippen molar-refractivity contribution in [2.45, 2.75) is 69.2 Å². The molecule has 1 saturated heterocycles. The van der Waals surface area contributed by atoms with Crippen LogP contribution in [0.2, 0.25) is 10.0 Å². The number of carboxylic acid groups (broad SMARTS) is 1. The molecule has 4 rings (SSSR count). The van der Waals surface area contributed by atoms with Crippen LogP contribution in [0.5, 0.6) is 0 Å². The number of rotatable bonds is 10. The Hall–Kier alpha value is -2.13. The van der Waals surface area contributed by atoms with Crippen LogP contribution in [0.25, 0.3) is 0 Å². The van der Waals surface area contributed by atoms with E-state index in [1.54, 1.807) is 30.0 Å². The summed E-state index contributed by atoms with van der Waals surface area (Å²) in [4.78, 5) is 27.8. The van der Waals surface area contributed by atoms with Crippen molar-refractivity contribution < 1.29 is 23.1 Å². The summed E-state index contributed by atoms with van der Waals surface area (Å²) in [5.41, 5.74) is 0.531. The van der Waals surface area contributed by atoms with Gasteiger partial charge in [0.1, 0.15) is 0 Å². The van der Waals surface area contributed by atoms with E-state index in [1.165, 1.54) is 0 Å². The number of aliphatic carboxylic acids is 1. The van der Waals surface area contributed by atoms with Gasteiger partial charge in [0.25, 0.3) is 0 Å². The molecule has 0 spiro atoms. The molecule has 0 bridgehead atoms. The van der Waals surface area contributed by atoms with Crippen molar-refractivity contribution in [1.29, 1.82) is 0 Å². The minimum Gasteiger partial charge on any atom is -0.481 e. The highest BCUT2D eigenvalue weighted by Gasteiger charge is 2.52. The van der Waals surface area contributed by atoms with E-state index in [1.807, 2.05) is 37.3 Å². The third-order valence-corrected chi connectivity index (χ3v) is 9.88. The van der Waals surface area contributed by atoms with Crippen LogP contribution in [0, 0.1) is 5.41 Å². The number of hydrogen-bond acceptors (Lipinski definition) is 4. The fourth-order valence-electron chi connectivity index (χ4n) is 5.43. The van der Waals surface area contributed by atoms with Crippen LogP contribution in [0.4, 0.5) is 0 Å². The van der Waals surface area contributed by atoms with Gasteiger partial charge in [-0.05, 0) is 61.1 Å². The summed E-state index contributed by atoms with van der Waals surface area (Å²) in [6.07, 6.45) is 1.71. The lowest BCUT2D eigenvalue weighted by Gasteiger charge is -2.52. The lowest BCUT2D eigenvalue weighted by atomic mass is 9.67. The topological polar surface area (TPSA) is 104 Å². The Balaban J connectivity index is 1.83. The van der Waals surface area contributed by atoms with Crippen molar-refractivity contribution in [3.8, 4) is 0 Å². The molecule has 1 aliphatic heterocycles. The first-order valence-electron chi connectivity index (χ1n) is 12.5. The van der Waals surface area contributed by atoms with Crippen LogP contribution in [-0.2, 0) is 19.6 Å². The van der Waals surface area contributed by atoms with E-state index in [9.17, 15) is 23.1 Å². The summed E-state index contributed by atoms with van der Waals surface area (Å²) in [6.45, 7) is 3.64. The molecular weight excluding hydrogens is 535 g/mol. The Morgan fingerprint density at radius 1 is 1.14 bits per heavy atom. The van der Waals surface area contributed by atoms with Crippen LogP contribution >= 0.6 is 23.2 Å². The number of piperidine rings is 1. The molecule has 2 aromatic carbocycles. The lowest BCUT2D eigenvalue weighted by Crippen LogP contribution is -2.58. The zero-order valence-electron chi connectivity index (χ0n) is 20.9. The normalized spacial score (nSPS) is 25.2. The predicted octanol–water partition coefficient (Wildman–Crippen LogP) is 5.39. The van der Waals surface area contributed by atoms with Gasteiger partial charge in [-0.2, -0.15) is 0 Å². The summed E-state index contributed by atoms with van der Waals surface area (Å²) < 4.78 is 28.0. The zero-order valence-corrected chi connectivity index (χ0v) is 23.2. The number of benzene rings is 2. The highest BCUT2D eigenvalue weighted by atomic mass is 35.5. The minimum absolute atomic E-state index is 0.0522. The quantitative estimate of drug-likeness (QED) is 0.401. The number of carbonyl (C=O) groups excluding carboxylic acids is 1. The summed E-state index contributed by atoms with van der Waals surface area (Å²) >= 11 is 12.5. The number of amides is 1. The Morgan fingerprint density at radius 2 is 1.81 bits per heavy atom. The van der Waals surface area contributed by atoms with Crippen LogP contribution in [0.1, 0.15) is 69.0 Å². The van der Waals surface area contributed by atoms with Crippen LogP contribution in [0.15, 0.2) is 48.5 Å². The van der Waals surface area contributed by atoms with E-state index < -0.39 is 33.5 Å². The average Bonchev–Trinajstić information content (AvgIpc) is 3.68. The number of nitrogens with one attached hydrogen (secondary N) is 1. The predicted molar refractivity (Wildman–Crippen MR) is 144 cm³/mol. The number of hydrogen-bond donors (Lipinski definition) is 2. The van der Waals surface area contributed by atoms with E-state index in [0.29, 0.717) is 35.7 Å². The summed E-state index contributed by atoms with van der Waals surface area (Å²) in [7, 11) is -3.47. The molecule has 1 unspecified atom stereocenters. The molecule has 2 aromatic rings. The molecule has 1 amide bonds. The highest BCUT2D eigenvalue weighted by Crippen LogP contribution is 2.52. The zero-order chi connectivity index (χ0) is 27.0.